The van der Waals surface area contributed by atoms with Crippen molar-refractivity contribution in [3.05, 3.63) is 33.9 Å². The van der Waals surface area contributed by atoms with Crippen LogP contribution >= 0.6 is 0 Å². The first kappa shape index (κ1) is 20.5. The average molecular weight is 374 g/mol. The van der Waals surface area contributed by atoms with Crippen LogP contribution in [0.4, 0.5) is 16.2 Å². The third-order valence-corrected chi connectivity index (χ3v) is 4.59. The average Bonchev–Trinajstić information content (AvgIpc) is 2.58. The smallest absolute Gasteiger partial charge is 0.407 e. The number of hydrogen-bond acceptors (Lipinski definition) is 6. The molecule has 1 heterocycles. The molecule has 1 N–H and O–H groups in total. The minimum absolute atomic E-state index is 0.0279. The Kier molecular flexibility index (Phi) is 6.26. The fourth-order valence-corrected chi connectivity index (χ4v) is 3.34. The zero-order valence-electron chi connectivity index (χ0n) is 16.2. The minimum Gasteiger partial charge on any atom is -0.444 e. The largest absolute Gasteiger partial charge is 0.444 e. The summed E-state index contributed by atoms with van der Waals surface area (Å²) in [6, 6.07) is 6.36. The van der Waals surface area contributed by atoms with Crippen LogP contribution in [0, 0.1) is 27.4 Å². The van der Waals surface area contributed by atoms with Gasteiger partial charge in [-0.15, -0.1) is 0 Å². The fraction of sp³-hybridized carbons (Fsp3) is 0.579. The number of non-ortho nitro benzene ring substituents is 1. The molecule has 1 aliphatic rings. The van der Waals surface area contributed by atoms with Gasteiger partial charge in [-0.1, -0.05) is 6.92 Å². The highest BCUT2D eigenvalue weighted by Crippen LogP contribution is 2.32. The van der Waals surface area contributed by atoms with Crippen molar-refractivity contribution < 1.29 is 14.5 Å². The van der Waals surface area contributed by atoms with Gasteiger partial charge in [-0.05, 0) is 45.6 Å². The Morgan fingerprint density at radius 2 is 2.19 bits per heavy atom. The normalized spacial score (nSPS) is 19.9. The highest BCUT2D eigenvalue weighted by Gasteiger charge is 2.31. The van der Waals surface area contributed by atoms with E-state index in [4.69, 9.17) is 4.74 Å². The summed E-state index contributed by atoms with van der Waals surface area (Å²) in [5, 5.41) is 23.3. The van der Waals surface area contributed by atoms with Crippen LogP contribution in [0.25, 0.3) is 0 Å². The first-order chi connectivity index (χ1) is 12.6. The quantitative estimate of drug-likeness (QED) is 0.637. The second kappa shape index (κ2) is 8.25. The van der Waals surface area contributed by atoms with Gasteiger partial charge >= 0.3 is 6.09 Å². The maximum absolute atomic E-state index is 12.0. The molecule has 0 spiro atoms. The van der Waals surface area contributed by atoms with Crippen LogP contribution in [-0.2, 0) is 4.74 Å². The summed E-state index contributed by atoms with van der Waals surface area (Å²) in [5.41, 5.74) is 0.240. The van der Waals surface area contributed by atoms with E-state index >= 15 is 0 Å². The highest BCUT2D eigenvalue weighted by molar-refractivity contribution is 5.68. The van der Waals surface area contributed by atoms with Crippen LogP contribution in [-0.4, -0.2) is 35.7 Å². The molecule has 1 aromatic rings. The summed E-state index contributed by atoms with van der Waals surface area (Å²) in [7, 11) is 0. The van der Waals surface area contributed by atoms with E-state index in [1.54, 1.807) is 26.8 Å². The third kappa shape index (κ3) is 5.33. The van der Waals surface area contributed by atoms with E-state index in [-0.39, 0.29) is 23.2 Å². The predicted molar refractivity (Wildman–Crippen MR) is 102 cm³/mol. The van der Waals surface area contributed by atoms with E-state index in [1.165, 1.54) is 12.1 Å². The number of nitro groups is 1. The summed E-state index contributed by atoms with van der Waals surface area (Å²) in [6.07, 6.45) is 1.47. The molecule has 1 aromatic carbocycles. The van der Waals surface area contributed by atoms with Gasteiger partial charge in [-0.25, -0.2) is 4.79 Å². The lowest BCUT2D eigenvalue weighted by Crippen LogP contribution is -2.51. The van der Waals surface area contributed by atoms with Crippen molar-refractivity contribution >= 4 is 17.5 Å². The van der Waals surface area contributed by atoms with Crippen molar-refractivity contribution in [2.75, 3.05) is 18.0 Å². The first-order valence-corrected chi connectivity index (χ1v) is 9.04. The van der Waals surface area contributed by atoms with Gasteiger partial charge in [-0.3, -0.25) is 10.1 Å². The molecule has 8 nitrogen and oxygen atoms in total. The summed E-state index contributed by atoms with van der Waals surface area (Å²) < 4.78 is 5.30. The molecule has 146 valence electrons. The van der Waals surface area contributed by atoms with Crippen molar-refractivity contribution in [2.24, 2.45) is 5.92 Å². The van der Waals surface area contributed by atoms with Crippen LogP contribution in [0.2, 0.25) is 0 Å². The molecular formula is C19H26N4O4. The number of nitrogens with zero attached hydrogens (tertiary/aromatic N) is 3. The Hall–Kier alpha value is -2.82. The van der Waals surface area contributed by atoms with E-state index in [2.05, 4.69) is 23.2 Å². The number of nitro benzene ring substituents is 1. The molecule has 2 rings (SSSR count). The molecule has 0 saturated carbocycles. The first-order valence-electron chi connectivity index (χ1n) is 9.04. The number of ether oxygens (including phenoxy) is 1. The lowest BCUT2D eigenvalue weighted by atomic mass is 9.89. The molecule has 1 fully saturated rings. The SMILES string of the molecule is CC1CCCN(c2ccc([N+](=O)[O-])cc2C#N)C1CNC(=O)OC(C)(C)C. The number of carbonyl (C=O) groups excluding carboxylic acids is 1. The predicted octanol–water partition coefficient (Wildman–Crippen LogP) is 3.60. The van der Waals surface area contributed by atoms with Gasteiger partial charge in [0.05, 0.1) is 16.2 Å². The van der Waals surface area contributed by atoms with Crippen molar-refractivity contribution in [2.45, 2.75) is 52.2 Å². The Labute approximate surface area is 159 Å². The number of alkyl carbamates (subject to hydrolysis) is 1. The maximum Gasteiger partial charge on any atom is 0.407 e. The lowest BCUT2D eigenvalue weighted by Gasteiger charge is -2.42. The van der Waals surface area contributed by atoms with Crippen molar-refractivity contribution in [3.63, 3.8) is 0 Å². The van der Waals surface area contributed by atoms with Crippen LogP contribution < -0.4 is 10.2 Å². The Morgan fingerprint density at radius 3 is 2.78 bits per heavy atom. The lowest BCUT2D eigenvalue weighted by molar-refractivity contribution is -0.384. The van der Waals surface area contributed by atoms with E-state index < -0.39 is 16.6 Å². The van der Waals surface area contributed by atoms with Gasteiger partial charge in [0, 0.05) is 31.3 Å². The summed E-state index contributed by atoms with van der Waals surface area (Å²) in [6.45, 7) is 8.61. The standard InChI is InChI=1S/C19H26N4O4/c1-13-6-5-9-22(17(13)12-21-18(24)27-19(2,3)4)16-8-7-15(23(25)26)10-14(16)11-20/h7-8,10,13,17H,5-6,9,12H2,1-4H3,(H,21,24). The molecule has 1 aliphatic heterocycles. The number of amides is 1. The Morgan fingerprint density at radius 1 is 1.48 bits per heavy atom. The third-order valence-electron chi connectivity index (χ3n) is 4.59. The summed E-state index contributed by atoms with van der Waals surface area (Å²) >= 11 is 0. The Bertz CT molecular complexity index is 751. The number of rotatable bonds is 4. The van der Waals surface area contributed by atoms with Gasteiger partial charge in [0.25, 0.3) is 5.69 Å². The molecule has 0 bridgehead atoms. The van der Waals surface area contributed by atoms with Crippen LogP contribution in [0.5, 0.6) is 0 Å². The number of nitriles is 1. The molecule has 8 heteroatoms. The van der Waals surface area contributed by atoms with Crippen molar-refractivity contribution in [1.29, 1.82) is 5.26 Å². The summed E-state index contributed by atoms with van der Waals surface area (Å²) in [4.78, 5) is 24.6. The number of piperidine rings is 1. The topological polar surface area (TPSA) is 108 Å². The maximum atomic E-state index is 12.0. The van der Waals surface area contributed by atoms with Crippen LogP contribution in [0.15, 0.2) is 18.2 Å². The number of carbonyl (C=O) groups is 1. The number of anilines is 1. The zero-order valence-corrected chi connectivity index (χ0v) is 16.2. The molecule has 2 unspecified atom stereocenters. The molecule has 1 saturated heterocycles. The molecule has 0 aliphatic carbocycles. The summed E-state index contributed by atoms with van der Waals surface area (Å²) in [5.74, 6) is 0.287. The number of hydrogen-bond donors (Lipinski definition) is 1. The van der Waals surface area contributed by atoms with Crippen molar-refractivity contribution in [1.82, 2.24) is 5.32 Å². The highest BCUT2D eigenvalue weighted by atomic mass is 16.6. The van der Waals surface area contributed by atoms with E-state index in [0.717, 1.165) is 19.4 Å². The molecule has 1 amide bonds. The molecular weight excluding hydrogens is 348 g/mol. The number of nitrogens with one attached hydrogen (secondary N) is 1. The monoisotopic (exact) mass is 374 g/mol. The molecule has 2 atom stereocenters. The molecule has 0 radical (unpaired) electrons. The second-order valence-electron chi connectivity index (χ2n) is 7.83. The van der Waals surface area contributed by atoms with Crippen molar-refractivity contribution in [3.8, 4) is 6.07 Å². The number of benzene rings is 1. The minimum atomic E-state index is -0.575. The fourth-order valence-electron chi connectivity index (χ4n) is 3.34. The van der Waals surface area contributed by atoms with Crippen LogP contribution in [0.1, 0.15) is 46.1 Å². The van der Waals surface area contributed by atoms with Gasteiger partial charge in [0.1, 0.15) is 11.7 Å². The van der Waals surface area contributed by atoms with Crippen LogP contribution in [0.3, 0.4) is 0 Å². The van der Waals surface area contributed by atoms with Gasteiger partial charge in [0.15, 0.2) is 0 Å². The Balaban J connectivity index is 2.22. The zero-order chi connectivity index (χ0) is 20.2. The van der Waals surface area contributed by atoms with Gasteiger partial charge < -0.3 is 15.0 Å². The second-order valence-corrected chi connectivity index (χ2v) is 7.83. The van der Waals surface area contributed by atoms with Gasteiger partial charge in [0.2, 0.25) is 0 Å². The van der Waals surface area contributed by atoms with E-state index in [1.807, 2.05) is 0 Å². The molecule has 27 heavy (non-hydrogen) atoms. The van der Waals surface area contributed by atoms with E-state index in [0.29, 0.717) is 12.2 Å². The van der Waals surface area contributed by atoms with E-state index in [9.17, 15) is 20.2 Å². The molecule has 0 aromatic heterocycles. The van der Waals surface area contributed by atoms with Gasteiger partial charge in [-0.2, -0.15) is 5.26 Å².